The highest BCUT2D eigenvalue weighted by Crippen LogP contribution is 2.44. The third-order valence-corrected chi connectivity index (χ3v) is 3.16. The zero-order chi connectivity index (χ0) is 9.71. The molecule has 2 saturated carbocycles. The maximum Gasteiger partial charge on any atom is 0.271 e. The molecule has 0 bridgehead atoms. The SMILES string of the molecule is Nc1c(C2CC2)cc(C2CC2)[nH]c1=O. The van der Waals surface area contributed by atoms with Gasteiger partial charge in [-0.3, -0.25) is 4.79 Å². The number of nitrogens with two attached hydrogens (primary N) is 1. The lowest BCUT2D eigenvalue weighted by Crippen LogP contribution is -2.16. The molecule has 0 aliphatic heterocycles. The number of nitrogens with one attached hydrogen (secondary N) is 1. The number of hydrogen-bond donors (Lipinski definition) is 2. The number of anilines is 1. The molecule has 2 aliphatic rings. The average Bonchev–Trinajstić information content (AvgIpc) is 3.04. The van der Waals surface area contributed by atoms with E-state index in [9.17, 15) is 4.79 Å². The molecule has 3 rings (SSSR count). The minimum Gasteiger partial charge on any atom is -0.394 e. The van der Waals surface area contributed by atoms with Gasteiger partial charge in [0.05, 0.1) is 0 Å². The Labute approximate surface area is 82.3 Å². The van der Waals surface area contributed by atoms with Crippen molar-refractivity contribution in [2.75, 3.05) is 5.73 Å². The molecule has 1 aromatic rings. The molecule has 74 valence electrons. The van der Waals surface area contributed by atoms with Gasteiger partial charge in [0, 0.05) is 5.69 Å². The number of aromatic amines is 1. The highest BCUT2D eigenvalue weighted by Gasteiger charge is 2.30. The van der Waals surface area contributed by atoms with Crippen molar-refractivity contribution in [1.82, 2.24) is 4.98 Å². The van der Waals surface area contributed by atoms with Gasteiger partial charge in [-0.05, 0) is 49.1 Å². The van der Waals surface area contributed by atoms with E-state index in [1.807, 2.05) is 0 Å². The van der Waals surface area contributed by atoms with E-state index in [0.29, 0.717) is 17.5 Å². The third-order valence-electron chi connectivity index (χ3n) is 3.16. The van der Waals surface area contributed by atoms with Crippen LogP contribution in [-0.2, 0) is 0 Å². The van der Waals surface area contributed by atoms with Crippen LogP contribution in [0, 0.1) is 0 Å². The lowest BCUT2D eigenvalue weighted by atomic mass is 10.1. The minimum atomic E-state index is -0.0868. The lowest BCUT2D eigenvalue weighted by Gasteiger charge is -2.06. The topological polar surface area (TPSA) is 58.9 Å². The summed E-state index contributed by atoms with van der Waals surface area (Å²) in [5, 5.41) is 0. The predicted molar refractivity (Wildman–Crippen MR) is 55.4 cm³/mol. The number of aromatic nitrogens is 1. The van der Waals surface area contributed by atoms with Crippen molar-refractivity contribution in [3.05, 3.63) is 27.7 Å². The van der Waals surface area contributed by atoms with Crippen LogP contribution in [0.3, 0.4) is 0 Å². The summed E-state index contributed by atoms with van der Waals surface area (Å²) in [7, 11) is 0. The fourth-order valence-corrected chi connectivity index (χ4v) is 1.96. The quantitative estimate of drug-likeness (QED) is 0.745. The summed E-state index contributed by atoms with van der Waals surface area (Å²) >= 11 is 0. The van der Waals surface area contributed by atoms with Gasteiger partial charge in [0.25, 0.3) is 5.56 Å². The molecule has 14 heavy (non-hydrogen) atoms. The van der Waals surface area contributed by atoms with E-state index in [2.05, 4.69) is 11.1 Å². The van der Waals surface area contributed by atoms with Crippen LogP contribution in [0.15, 0.2) is 10.9 Å². The smallest absolute Gasteiger partial charge is 0.271 e. The Bertz CT molecular complexity index is 427. The van der Waals surface area contributed by atoms with Gasteiger partial charge in [-0.1, -0.05) is 0 Å². The third kappa shape index (κ3) is 1.24. The molecule has 0 saturated heterocycles. The molecule has 1 aromatic heterocycles. The standard InChI is InChI=1S/C11H14N2O/c12-10-8(6-1-2-6)5-9(7-3-4-7)13-11(10)14/h5-7H,1-4,12H2,(H,13,14). The second-order valence-corrected chi connectivity index (χ2v) is 4.47. The zero-order valence-electron chi connectivity index (χ0n) is 8.05. The van der Waals surface area contributed by atoms with Crippen LogP contribution >= 0.6 is 0 Å². The fraction of sp³-hybridized carbons (Fsp3) is 0.545. The first-order valence-electron chi connectivity index (χ1n) is 5.28. The van der Waals surface area contributed by atoms with E-state index in [4.69, 9.17) is 5.73 Å². The van der Waals surface area contributed by atoms with E-state index < -0.39 is 0 Å². The lowest BCUT2D eigenvalue weighted by molar-refractivity contribution is 0.974. The highest BCUT2D eigenvalue weighted by atomic mass is 16.1. The number of nitrogen functional groups attached to an aromatic ring is 1. The summed E-state index contributed by atoms with van der Waals surface area (Å²) in [6.07, 6.45) is 4.81. The molecule has 2 aliphatic carbocycles. The second-order valence-electron chi connectivity index (χ2n) is 4.47. The molecule has 0 amide bonds. The van der Waals surface area contributed by atoms with Gasteiger partial charge in [0.1, 0.15) is 5.69 Å². The van der Waals surface area contributed by atoms with Crippen LogP contribution in [0.1, 0.15) is 48.8 Å². The molecule has 0 aromatic carbocycles. The number of H-pyrrole nitrogens is 1. The van der Waals surface area contributed by atoms with Gasteiger partial charge in [-0.2, -0.15) is 0 Å². The van der Waals surface area contributed by atoms with Crippen molar-refractivity contribution in [1.29, 1.82) is 0 Å². The Balaban J connectivity index is 2.11. The molecule has 0 atom stereocenters. The maximum atomic E-state index is 11.5. The van der Waals surface area contributed by atoms with Crippen molar-refractivity contribution in [2.24, 2.45) is 0 Å². The molecule has 3 heteroatoms. The summed E-state index contributed by atoms with van der Waals surface area (Å²) < 4.78 is 0. The van der Waals surface area contributed by atoms with Crippen LogP contribution in [0.4, 0.5) is 5.69 Å². The number of pyridine rings is 1. The van der Waals surface area contributed by atoms with E-state index in [1.54, 1.807) is 0 Å². The Morgan fingerprint density at radius 1 is 1.21 bits per heavy atom. The van der Waals surface area contributed by atoms with Crippen molar-refractivity contribution in [3.63, 3.8) is 0 Å². The molecule has 2 fully saturated rings. The first-order valence-corrected chi connectivity index (χ1v) is 5.28. The highest BCUT2D eigenvalue weighted by molar-refractivity contribution is 5.49. The largest absolute Gasteiger partial charge is 0.394 e. The molecule has 3 nitrogen and oxygen atoms in total. The van der Waals surface area contributed by atoms with Crippen molar-refractivity contribution >= 4 is 5.69 Å². The Morgan fingerprint density at radius 2 is 1.86 bits per heavy atom. The van der Waals surface area contributed by atoms with Crippen molar-refractivity contribution < 1.29 is 0 Å². The molecule has 0 spiro atoms. The van der Waals surface area contributed by atoms with Gasteiger partial charge in [0.15, 0.2) is 0 Å². The van der Waals surface area contributed by atoms with E-state index in [0.717, 1.165) is 11.3 Å². The van der Waals surface area contributed by atoms with Crippen LogP contribution in [-0.4, -0.2) is 4.98 Å². The second kappa shape index (κ2) is 2.62. The van der Waals surface area contributed by atoms with Gasteiger partial charge >= 0.3 is 0 Å². The van der Waals surface area contributed by atoms with Crippen LogP contribution in [0.2, 0.25) is 0 Å². The molecule has 1 heterocycles. The van der Waals surface area contributed by atoms with Crippen molar-refractivity contribution in [3.8, 4) is 0 Å². The molecule has 0 radical (unpaired) electrons. The Kier molecular flexibility index (Phi) is 1.52. The van der Waals surface area contributed by atoms with Crippen molar-refractivity contribution in [2.45, 2.75) is 37.5 Å². The monoisotopic (exact) mass is 190 g/mol. The van der Waals surface area contributed by atoms with E-state index in [-0.39, 0.29) is 5.56 Å². The molecule has 3 N–H and O–H groups in total. The first kappa shape index (κ1) is 8.09. The zero-order valence-corrected chi connectivity index (χ0v) is 8.05. The molecular weight excluding hydrogens is 176 g/mol. The van der Waals surface area contributed by atoms with Gasteiger partial charge in [-0.25, -0.2) is 0 Å². The van der Waals surface area contributed by atoms with Gasteiger partial charge < -0.3 is 10.7 Å². The number of rotatable bonds is 2. The summed E-state index contributed by atoms with van der Waals surface area (Å²) in [6.45, 7) is 0. The summed E-state index contributed by atoms with van der Waals surface area (Å²) in [4.78, 5) is 14.4. The predicted octanol–water partition coefficient (Wildman–Crippen LogP) is 1.71. The van der Waals surface area contributed by atoms with E-state index >= 15 is 0 Å². The average molecular weight is 190 g/mol. The van der Waals surface area contributed by atoms with Crippen LogP contribution in [0.25, 0.3) is 0 Å². The number of hydrogen-bond acceptors (Lipinski definition) is 2. The fourth-order valence-electron chi connectivity index (χ4n) is 1.96. The summed E-state index contributed by atoms with van der Waals surface area (Å²) in [5.74, 6) is 1.16. The normalized spacial score (nSPS) is 21.1. The minimum absolute atomic E-state index is 0.0868. The van der Waals surface area contributed by atoms with E-state index in [1.165, 1.54) is 25.7 Å². The Hall–Kier alpha value is -1.25. The van der Waals surface area contributed by atoms with Crippen LogP contribution in [0.5, 0.6) is 0 Å². The summed E-state index contributed by atoms with van der Waals surface area (Å²) in [5.41, 5.74) is 8.32. The first-order chi connectivity index (χ1) is 6.75. The maximum absolute atomic E-state index is 11.5. The van der Waals surface area contributed by atoms with Gasteiger partial charge in [0.2, 0.25) is 0 Å². The summed E-state index contributed by atoms with van der Waals surface area (Å²) in [6, 6.07) is 2.12. The molecular formula is C11H14N2O. The molecule has 0 unspecified atom stereocenters. The Morgan fingerprint density at radius 3 is 2.43 bits per heavy atom. The van der Waals surface area contributed by atoms with Crippen LogP contribution < -0.4 is 11.3 Å². The van der Waals surface area contributed by atoms with Gasteiger partial charge in [-0.15, -0.1) is 0 Å².